The monoisotopic (exact) mass is 471 g/mol. The Morgan fingerprint density at radius 2 is 1.85 bits per heavy atom. The Hall–Kier alpha value is -1.61. The van der Waals surface area contributed by atoms with Gasteiger partial charge in [-0.15, -0.1) is 24.0 Å². The van der Waals surface area contributed by atoms with Gasteiger partial charge < -0.3 is 15.4 Å². The Morgan fingerprint density at radius 1 is 1.19 bits per heavy atom. The number of rotatable bonds is 6. The van der Waals surface area contributed by atoms with Gasteiger partial charge in [0.05, 0.1) is 17.0 Å². The number of nitrogens with one attached hydrogen (secondary N) is 2. The largest absolute Gasteiger partial charge is 0.377 e. The summed E-state index contributed by atoms with van der Waals surface area (Å²) in [4.78, 5) is 4.28. The highest BCUT2D eigenvalue weighted by Crippen LogP contribution is 2.17. The van der Waals surface area contributed by atoms with Crippen LogP contribution >= 0.6 is 24.0 Å². The summed E-state index contributed by atoms with van der Waals surface area (Å²) in [7, 11) is 3.48. The number of aromatic nitrogens is 2. The number of hydrogen-bond acceptors (Lipinski definition) is 3. The van der Waals surface area contributed by atoms with Crippen molar-refractivity contribution in [3.05, 3.63) is 47.3 Å². The highest BCUT2D eigenvalue weighted by atomic mass is 127. The van der Waals surface area contributed by atoms with Crippen LogP contribution in [0.3, 0.4) is 0 Å². The number of halogens is 1. The van der Waals surface area contributed by atoms with Crippen molar-refractivity contribution in [1.82, 2.24) is 20.4 Å². The molecular weight excluding hydrogens is 441 g/mol. The van der Waals surface area contributed by atoms with Gasteiger partial charge in [0.1, 0.15) is 0 Å². The zero-order valence-electron chi connectivity index (χ0n) is 16.5. The highest BCUT2D eigenvalue weighted by molar-refractivity contribution is 14.0. The maximum absolute atomic E-state index is 5.43. The molecule has 0 atom stereocenters. The molecule has 0 fully saturated rings. The molecule has 26 heavy (non-hydrogen) atoms. The molecule has 6 nitrogen and oxygen atoms in total. The van der Waals surface area contributed by atoms with Gasteiger partial charge in [-0.05, 0) is 39.8 Å². The van der Waals surface area contributed by atoms with Crippen molar-refractivity contribution in [2.24, 2.45) is 4.99 Å². The Labute approximate surface area is 173 Å². The molecule has 144 valence electrons. The zero-order valence-corrected chi connectivity index (χ0v) is 18.8. The molecule has 2 rings (SSSR count). The van der Waals surface area contributed by atoms with E-state index in [4.69, 9.17) is 4.74 Å². The van der Waals surface area contributed by atoms with Gasteiger partial charge in [-0.3, -0.25) is 4.99 Å². The van der Waals surface area contributed by atoms with E-state index in [2.05, 4.69) is 39.8 Å². The number of methoxy groups -OCH3 is 1. The van der Waals surface area contributed by atoms with Gasteiger partial charge in [-0.25, -0.2) is 4.68 Å². The summed E-state index contributed by atoms with van der Waals surface area (Å²) in [5.41, 5.74) is 4.14. The molecule has 0 saturated heterocycles. The lowest BCUT2D eigenvalue weighted by Gasteiger charge is -2.24. The van der Waals surface area contributed by atoms with E-state index in [1.165, 1.54) is 5.56 Å². The molecule has 0 aliphatic carbocycles. The van der Waals surface area contributed by atoms with E-state index in [1.54, 1.807) is 14.2 Å². The molecule has 0 spiro atoms. The van der Waals surface area contributed by atoms with Crippen LogP contribution in [-0.2, 0) is 11.3 Å². The van der Waals surface area contributed by atoms with Crippen LogP contribution in [-0.4, -0.2) is 42.0 Å². The van der Waals surface area contributed by atoms with Gasteiger partial charge >= 0.3 is 0 Å². The van der Waals surface area contributed by atoms with E-state index in [0.29, 0.717) is 13.1 Å². The average Bonchev–Trinajstić information content (AvgIpc) is 2.90. The number of hydrogen-bond donors (Lipinski definition) is 2. The molecule has 0 unspecified atom stereocenters. The summed E-state index contributed by atoms with van der Waals surface area (Å²) in [6.45, 7) is 9.53. The maximum atomic E-state index is 5.43. The number of para-hydroxylation sites is 1. The first-order chi connectivity index (χ1) is 11.9. The molecule has 1 aromatic carbocycles. The molecule has 0 bridgehead atoms. The summed E-state index contributed by atoms with van der Waals surface area (Å²) in [6, 6.07) is 10.2. The van der Waals surface area contributed by atoms with E-state index in [1.807, 2.05) is 43.7 Å². The minimum absolute atomic E-state index is 0. The molecule has 2 N–H and O–H groups in total. The first kappa shape index (κ1) is 22.4. The molecule has 0 aliphatic rings. The second kappa shape index (κ2) is 9.91. The zero-order chi connectivity index (χ0) is 18.4. The number of guanidine groups is 1. The lowest BCUT2D eigenvalue weighted by Crippen LogP contribution is -2.45. The van der Waals surface area contributed by atoms with Crippen LogP contribution < -0.4 is 10.6 Å². The van der Waals surface area contributed by atoms with Crippen molar-refractivity contribution in [1.29, 1.82) is 0 Å². The van der Waals surface area contributed by atoms with Crippen molar-refractivity contribution in [2.45, 2.75) is 39.8 Å². The summed E-state index contributed by atoms with van der Waals surface area (Å²) in [5.74, 6) is 0.747. The molecule has 0 saturated carbocycles. The average molecular weight is 471 g/mol. The molecule has 0 aliphatic heterocycles. The van der Waals surface area contributed by atoms with Crippen molar-refractivity contribution in [2.75, 3.05) is 20.7 Å². The third-order valence-corrected chi connectivity index (χ3v) is 4.33. The molecule has 0 amide bonds. The molecule has 1 aromatic heterocycles. The predicted octanol–water partition coefficient (Wildman–Crippen LogP) is 3.20. The van der Waals surface area contributed by atoms with E-state index >= 15 is 0 Å². The Morgan fingerprint density at radius 3 is 2.42 bits per heavy atom. The van der Waals surface area contributed by atoms with Crippen molar-refractivity contribution in [3.63, 3.8) is 0 Å². The fourth-order valence-electron chi connectivity index (χ4n) is 2.51. The topological polar surface area (TPSA) is 63.5 Å². The normalized spacial score (nSPS) is 11.8. The predicted molar refractivity (Wildman–Crippen MR) is 118 cm³/mol. The van der Waals surface area contributed by atoms with E-state index in [0.717, 1.165) is 23.0 Å². The van der Waals surface area contributed by atoms with Gasteiger partial charge in [-0.1, -0.05) is 18.2 Å². The second-order valence-corrected chi connectivity index (χ2v) is 6.64. The highest BCUT2D eigenvalue weighted by Gasteiger charge is 2.17. The first-order valence-electron chi connectivity index (χ1n) is 8.48. The maximum Gasteiger partial charge on any atom is 0.191 e. The quantitative estimate of drug-likeness (QED) is 0.386. The van der Waals surface area contributed by atoms with E-state index < -0.39 is 0 Å². The molecule has 2 aromatic rings. The Kier molecular flexibility index (Phi) is 8.55. The summed E-state index contributed by atoms with van der Waals surface area (Å²) in [6.07, 6.45) is 0. The Balaban J connectivity index is 0.00000338. The van der Waals surface area contributed by atoms with Gasteiger partial charge in [-0.2, -0.15) is 5.10 Å². The van der Waals surface area contributed by atoms with Crippen LogP contribution in [0.4, 0.5) is 0 Å². The number of nitrogens with zero attached hydrogens (tertiary/aromatic N) is 3. The van der Waals surface area contributed by atoms with Crippen LogP contribution in [0, 0.1) is 13.8 Å². The second-order valence-electron chi connectivity index (χ2n) is 6.64. The minimum Gasteiger partial charge on any atom is -0.377 e. The van der Waals surface area contributed by atoms with E-state index in [9.17, 15) is 0 Å². The van der Waals surface area contributed by atoms with Crippen molar-refractivity contribution >= 4 is 29.9 Å². The lowest BCUT2D eigenvalue weighted by molar-refractivity contribution is 0.0268. The fraction of sp³-hybridized carbons (Fsp3) is 0.474. The van der Waals surface area contributed by atoms with Gasteiger partial charge in [0.15, 0.2) is 5.96 Å². The van der Waals surface area contributed by atoms with Gasteiger partial charge in [0, 0.05) is 38.5 Å². The van der Waals surface area contributed by atoms with Crippen molar-refractivity contribution < 1.29 is 4.74 Å². The van der Waals surface area contributed by atoms with Gasteiger partial charge in [0.25, 0.3) is 0 Å². The Bertz CT molecular complexity index is 725. The number of aliphatic imine (C=N–C) groups is 1. The van der Waals surface area contributed by atoms with Gasteiger partial charge in [0.2, 0.25) is 0 Å². The van der Waals surface area contributed by atoms with Crippen molar-refractivity contribution in [3.8, 4) is 5.69 Å². The first-order valence-corrected chi connectivity index (χ1v) is 8.48. The third kappa shape index (κ3) is 5.70. The lowest BCUT2D eigenvalue weighted by atomic mass is 10.1. The molecule has 1 heterocycles. The minimum atomic E-state index is -0.248. The summed E-state index contributed by atoms with van der Waals surface area (Å²) >= 11 is 0. The fourth-order valence-corrected chi connectivity index (χ4v) is 2.51. The van der Waals surface area contributed by atoms with E-state index in [-0.39, 0.29) is 29.6 Å². The summed E-state index contributed by atoms with van der Waals surface area (Å²) in [5, 5.41) is 11.3. The SMILES string of the molecule is CN=C(NCc1c(C)nn(-c2ccccc2)c1C)NCC(C)(C)OC.I. The molecule has 7 heteroatoms. The van der Waals surface area contributed by atoms with Crippen LogP contribution in [0.1, 0.15) is 30.8 Å². The van der Waals surface area contributed by atoms with Crippen LogP contribution in [0.5, 0.6) is 0 Å². The smallest absolute Gasteiger partial charge is 0.191 e. The van der Waals surface area contributed by atoms with Crippen LogP contribution in [0.25, 0.3) is 5.69 Å². The molecular formula is C19H30IN5O. The number of ether oxygens (including phenoxy) is 1. The standard InChI is InChI=1S/C19H29N5O.HI/c1-14-17(12-21-18(20-5)22-13-19(3,4)25-6)15(2)24(23-14)16-10-8-7-9-11-16;/h7-11H,12-13H2,1-6H3,(H2,20,21,22);1H. The third-order valence-electron chi connectivity index (χ3n) is 4.33. The number of benzene rings is 1. The van der Waals surface area contributed by atoms with Crippen LogP contribution in [0.2, 0.25) is 0 Å². The number of aryl methyl sites for hydroxylation is 1. The molecule has 0 radical (unpaired) electrons. The summed E-state index contributed by atoms with van der Waals surface area (Å²) < 4.78 is 7.41. The van der Waals surface area contributed by atoms with Crippen LogP contribution in [0.15, 0.2) is 35.3 Å².